The molecular formula is C13H28N2S. The molecule has 0 saturated carbocycles. The van der Waals surface area contributed by atoms with Crippen molar-refractivity contribution < 1.29 is 0 Å². The van der Waals surface area contributed by atoms with E-state index in [4.69, 9.17) is 5.73 Å². The zero-order valence-electron chi connectivity index (χ0n) is 11.2. The third-order valence-electron chi connectivity index (χ3n) is 3.72. The van der Waals surface area contributed by atoms with Gasteiger partial charge < -0.3 is 5.73 Å². The van der Waals surface area contributed by atoms with Crippen molar-refractivity contribution in [1.29, 1.82) is 0 Å². The van der Waals surface area contributed by atoms with Gasteiger partial charge in [-0.1, -0.05) is 33.6 Å². The molecule has 1 unspecified atom stereocenters. The van der Waals surface area contributed by atoms with E-state index in [-0.39, 0.29) is 0 Å². The molecule has 0 radical (unpaired) electrons. The molecule has 0 aromatic carbocycles. The fraction of sp³-hybridized carbons (Fsp3) is 1.00. The standard InChI is InChI=1S/C13H28N2S/c1-4-6-13(11-14,7-5-2)15-8-9-16-12(3)10-15/h12H,4-11,14H2,1-3H3. The number of nitrogens with zero attached hydrogens (tertiary/aromatic N) is 1. The van der Waals surface area contributed by atoms with Crippen LogP contribution in [0.2, 0.25) is 0 Å². The van der Waals surface area contributed by atoms with Gasteiger partial charge in [-0.05, 0) is 12.8 Å². The van der Waals surface area contributed by atoms with Gasteiger partial charge >= 0.3 is 0 Å². The van der Waals surface area contributed by atoms with Gasteiger partial charge in [0.2, 0.25) is 0 Å². The SMILES string of the molecule is CCCC(CN)(CCC)N1CCSC(C)C1. The lowest BCUT2D eigenvalue weighted by Crippen LogP contribution is -2.57. The van der Waals surface area contributed by atoms with Crippen LogP contribution in [0.15, 0.2) is 0 Å². The Morgan fingerprint density at radius 1 is 1.31 bits per heavy atom. The van der Waals surface area contributed by atoms with Gasteiger partial charge in [0.25, 0.3) is 0 Å². The maximum absolute atomic E-state index is 6.11. The average Bonchev–Trinajstić information content (AvgIpc) is 2.28. The molecule has 0 bridgehead atoms. The first-order valence-corrected chi connectivity index (χ1v) is 7.80. The second-order valence-corrected chi connectivity index (χ2v) is 6.60. The van der Waals surface area contributed by atoms with Crippen molar-refractivity contribution in [3.05, 3.63) is 0 Å². The Labute approximate surface area is 105 Å². The number of hydrogen-bond acceptors (Lipinski definition) is 3. The Bertz CT molecular complexity index is 190. The van der Waals surface area contributed by atoms with E-state index in [1.165, 1.54) is 44.5 Å². The van der Waals surface area contributed by atoms with Crippen molar-refractivity contribution in [2.24, 2.45) is 5.73 Å². The highest BCUT2D eigenvalue weighted by molar-refractivity contribution is 7.99. The maximum atomic E-state index is 6.11. The van der Waals surface area contributed by atoms with Crippen LogP contribution < -0.4 is 5.73 Å². The van der Waals surface area contributed by atoms with Crippen LogP contribution in [-0.4, -0.2) is 41.1 Å². The summed E-state index contributed by atoms with van der Waals surface area (Å²) in [4.78, 5) is 2.68. The van der Waals surface area contributed by atoms with Crippen LogP contribution in [0.1, 0.15) is 46.5 Å². The molecule has 1 aliphatic rings. The Hall–Kier alpha value is 0.270. The molecule has 1 saturated heterocycles. The maximum Gasteiger partial charge on any atom is 0.0332 e. The molecule has 1 heterocycles. The van der Waals surface area contributed by atoms with Crippen LogP contribution in [0, 0.1) is 0 Å². The van der Waals surface area contributed by atoms with Gasteiger partial charge in [0, 0.05) is 36.2 Å². The lowest BCUT2D eigenvalue weighted by Gasteiger charge is -2.47. The van der Waals surface area contributed by atoms with Crippen LogP contribution in [0.3, 0.4) is 0 Å². The Morgan fingerprint density at radius 3 is 2.38 bits per heavy atom. The molecule has 2 N–H and O–H groups in total. The minimum absolute atomic E-state index is 0.290. The first-order chi connectivity index (χ1) is 7.68. The van der Waals surface area contributed by atoms with Gasteiger partial charge in [-0.15, -0.1) is 0 Å². The molecule has 0 amide bonds. The fourth-order valence-electron chi connectivity index (χ4n) is 2.95. The molecule has 0 aromatic rings. The monoisotopic (exact) mass is 244 g/mol. The van der Waals surface area contributed by atoms with Crippen molar-refractivity contribution >= 4 is 11.8 Å². The fourth-order valence-corrected chi connectivity index (χ4v) is 3.97. The van der Waals surface area contributed by atoms with E-state index in [1.807, 2.05) is 0 Å². The zero-order chi connectivity index (χ0) is 12.0. The normalized spacial score (nSPS) is 23.6. The number of nitrogens with two attached hydrogens (primary N) is 1. The van der Waals surface area contributed by atoms with Gasteiger partial charge in [0.05, 0.1) is 0 Å². The largest absolute Gasteiger partial charge is 0.329 e. The van der Waals surface area contributed by atoms with E-state index in [1.54, 1.807) is 0 Å². The van der Waals surface area contributed by atoms with Gasteiger partial charge in [0.1, 0.15) is 0 Å². The number of rotatable bonds is 6. The summed E-state index contributed by atoms with van der Waals surface area (Å²) in [6.07, 6.45) is 5.01. The number of thioether (sulfide) groups is 1. The average molecular weight is 244 g/mol. The smallest absolute Gasteiger partial charge is 0.0332 e. The zero-order valence-corrected chi connectivity index (χ0v) is 12.0. The van der Waals surface area contributed by atoms with Crippen molar-refractivity contribution in [1.82, 2.24) is 4.90 Å². The minimum Gasteiger partial charge on any atom is -0.329 e. The van der Waals surface area contributed by atoms with E-state index < -0.39 is 0 Å². The Morgan fingerprint density at radius 2 is 1.94 bits per heavy atom. The molecule has 0 aromatic heterocycles. The van der Waals surface area contributed by atoms with E-state index in [2.05, 4.69) is 37.4 Å². The van der Waals surface area contributed by atoms with E-state index in [9.17, 15) is 0 Å². The lowest BCUT2D eigenvalue weighted by atomic mass is 9.86. The molecule has 0 aliphatic carbocycles. The van der Waals surface area contributed by atoms with Gasteiger partial charge in [0.15, 0.2) is 0 Å². The topological polar surface area (TPSA) is 29.3 Å². The molecular weight excluding hydrogens is 216 g/mol. The summed E-state index contributed by atoms with van der Waals surface area (Å²) in [6, 6.07) is 0. The summed E-state index contributed by atoms with van der Waals surface area (Å²) in [5, 5.41) is 0.772. The van der Waals surface area contributed by atoms with E-state index >= 15 is 0 Å². The van der Waals surface area contributed by atoms with Crippen LogP contribution >= 0.6 is 11.8 Å². The van der Waals surface area contributed by atoms with Crippen molar-refractivity contribution in [2.45, 2.75) is 57.2 Å². The van der Waals surface area contributed by atoms with Crippen molar-refractivity contribution in [3.63, 3.8) is 0 Å². The van der Waals surface area contributed by atoms with Crippen molar-refractivity contribution in [2.75, 3.05) is 25.4 Å². The number of hydrogen-bond donors (Lipinski definition) is 1. The third kappa shape index (κ3) is 3.38. The lowest BCUT2D eigenvalue weighted by molar-refractivity contribution is 0.0790. The molecule has 0 spiro atoms. The minimum atomic E-state index is 0.290. The summed E-state index contributed by atoms with van der Waals surface area (Å²) in [5.74, 6) is 1.27. The van der Waals surface area contributed by atoms with Crippen LogP contribution in [-0.2, 0) is 0 Å². The Kier molecular flexibility index (Phi) is 6.16. The molecule has 16 heavy (non-hydrogen) atoms. The first-order valence-electron chi connectivity index (χ1n) is 6.75. The highest BCUT2D eigenvalue weighted by Crippen LogP contribution is 2.31. The second-order valence-electron chi connectivity index (χ2n) is 5.06. The first kappa shape index (κ1) is 14.3. The van der Waals surface area contributed by atoms with E-state index in [0.717, 1.165) is 11.8 Å². The van der Waals surface area contributed by atoms with Crippen LogP contribution in [0.4, 0.5) is 0 Å². The highest BCUT2D eigenvalue weighted by atomic mass is 32.2. The Balaban J connectivity index is 2.72. The van der Waals surface area contributed by atoms with Gasteiger partial charge in [-0.3, -0.25) is 4.90 Å². The quantitative estimate of drug-likeness (QED) is 0.779. The summed E-state index contributed by atoms with van der Waals surface area (Å²) >= 11 is 2.10. The molecule has 3 heteroatoms. The predicted octanol–water partition coefficient (Wildman–Crippen LogP) is 2.72. The van der Waals surface area contributed by atoms with Gasteiger partial charge in [-0.2, -0.15) is 11.8 Å². The summed E-state index contributed by atoms with van der Waals surface area (Å²) in [7, 11) is 0. The predicted molar refractivity (Wildman–Crippen MR) is 75.1 cm³/mol. The van der Waals surface area contributed by atoms with Crippen LogP contribution in [0.5, 0.6) is 0 Å². The second kappa shape index (κ2) is 6.87. The van der Waals surface area contributed by atoms with Crippen molar-refractivity contribution in [3.8, 4) is 0 Å². The molecule has 96 valence electrons. The van der Waals surface area contributed by atoms with Gasteiger partial charge in [-0.25, -0.2) is 0 Å². The van der Waals surface area contributed by atoms with Crippen LogP contribution in [0.25, 0.3) is 0 Å². The third-order valence-corrected chi connectivity index (χ3v) is 4.86. The highest BCUT2D eigenvalue weighted by Gasteiger charge is 2.35. The van der Waals surface area contributed by atoms with E-state index in [0.29, 0.717) is 5.54 Å². The molecule has 2 nitrogen and oxygen atoms in total. The molecule has 1 aliphatic heterocycles. The summed E-state index contributed by atoms with van der Waals surface area (Å²) in [5.41, 5.74) is 6.40. The molecule has 1 atom stereocenters. The molecule has 1 rings (SSSR count). The summed E-state index contributed by atoms with van der Waals surface area (Å²) < 4.78 is 0. The molecule has 1 fully saturated rings. The summed E-state index contributed by atoms with van der Waals surface area (Å²) in [6.45, 7) is 10.2.